The van der Waals surface area contributed by atoms with E-state index in [-0.39, 0.29) is 23.0 Å². The zero-order valence-electron chi connectivity index (χ0n) is 20.9. The quantitative estimate of drug-likeness (QED) is 0.304. The third-order valence-corrected chi connectivity index (χ3v) is 8.42. The highest BCUT2D eigenvalue weighted by molar-refractivity contribution is 7.92. The summed E-state index contributed by atoms with van der Waals surface area (Å²) in [6.45, 7) is 3.35. The highest BCUT2D eigenvalue weighted by atomic mass is 35.5. The fraction of sp³-hybridized carbons (Fsp3) is 0.259. The Bertz CT molecular complexity index is 1370. The molecule has 202 valence electrons. The highest BCUT2D eigenvalue weighted by Gasteiger charge is 2.32. The van der Waals surface area contributed by atoms with Gasteiger partial charge in [0.15, 0.2) is 0 Å². The number of halogens is 3. The SMILES string of the molecule is CCCNC(=O)[C@H](C)N(Cc1ccc(Cl)cc1Cl)C(=O)CN(c1ccc(Cl)cc1)S(=O)(=O)c1ccccc1. The Labute approximate surface area is 238 Å². The zero-order valence-corrected chi connectivity index (χ0v) is 24.0. The Hall–Kier alpha value is -2.78. The summed E-state index contributed by atoms with van der Waals surface area (Å²) >= 11 is 18.4. The molecule has 0 aliphatic heterocycles. The summed E-state index contributed by atoms with van der Waals surface area (Å²) in [7, 11) is -4.14. The third-order valence-electron chi connectivity index (χ3n) is 5.80. The molecule has 38 heavy (non-hydrogen) atoms. The van der Waals surface area contributed by atoms with Crippen molar-refractivity contribution in [2.24, 2.45) is 0 Å². The Kier molecular flexibility index (Phi) is 10.4. The molecule has 0 unspecified atom stereocenters. The first-order valence-electron chi connectivity index (χ1n) is 11.9. The molecule has 0 spiro atoms. The molecule has 3 rings (SSSR count). The number of carbonyl (C=O) groups excluding carboxylic acids is 2. The van der Waals surface area contributed by atoms with Crippen molar-refractivity contribution >= 4 is 62.3 Å². The lowest BCUT2D eigenvalue weighted by Gasteiger charge is -2.32. The van der Waals surface area contributed by atoms with Crippen LogP contribution in [0.25, 0.3) is 0 Å². The second-order valence-electron chi connectivity index (χ2n) is 8.53. The molecule has 0 heterocycles. The number of rotatable bonds is 11. The lowest BCUT2D eigenvalue weighted by molar-refractivity contribution is -0.139. The van der Waals surface area contributed by atoms with Crippen molar-refractivity contribution < 1.29 is 18.0 Å². The summed E-state index contributed by atoms with van der Waals surface area (Å²) in [5, 5.41) is 3.95. The van der Waals surface area contributed by atoms with Crippen molar-refractivity contribution in [3.63, 3.8) is 0 Å². The van der Waals surface area contributed by atoms with Crippen LogP contribution >= 0.6 is 34.8 Å². The summed E-state index contributed by atoms with van der Waals surface area (Å²) in [6, 6.07) is 17.9. The number of benzene rings is 3. The van der Waals surface area contributed by atoms with Gasteiger partial charge in [-0.25, -0.2) is 8.42 Å². The first-order chi connectivity index (χ1) is 18.0. The van der Waals surface area contributed by atoms with E-state index < -0.39 is 28.5 Å². The van der Waals surface area contributed by atoms with Crippen LogP contribution in [0.5, 0.6) is 0 Å². The van der Waals surface area contributed by atoms with E-state index >= 15 is 0 Å². The number of nitrogens with one attached hydrogen (secondary N) is 1. The molecule has 0 aliphatic carbocycles. The van der Waals surface area contributed by atoms with Crippen molar-refractivity contribution in [1.82, 2.24) is 10.2 Å². The van der Waals surface area contributed by atoms with Crippen LogP contribution in [0.15, 0.2) is 77.7 Å². The van der Waals surface area contributed by atoms with Gasteiger partial charge in [0.1, 0.15) is 12.6 Å². The maximum Gasteiger partial charge on any atom is 0.264 e. The normalized spacial score (nSPS) is 12.0. The topological polar surface area (TPSA) is 86.8 Å². The van der Waals surface area contributed by atoms with Crippen LogP contribution in [0, 0.1) is 0 Å². The number of hydrogen-bond acceptors (Lipinski definition) is 4. The molecule has 11 heteroatoms. The number of nitrogens with zero attached hydrogens (tertiary/aromatic N) is 2. The van der Waals surface area contributed by atoms with Gasteiger partial charge in [0.2, 0.25) is 11.8 Å². The van der Waals surface area contributed by atoms with Crippen molar-refractivity contribution in [2.75, 3.05) is 17.4 Å². The van der Waals surface area contributed by atoms with Gasteiger partial charge in [-0.1, -0.05) is 66.0 Å². The van der Waals surface area contributed by atoms with Crippen molar-refractivity contribution in [3.05, 3.63) is 93.4 Å². The number of sulfonamides is 1. The molecule has 3 aromatic carbocycles. The summed E-state index contributed by atoms with van der Waals surface area (Å²) in [6.07, 6.45) is 0.717. The number of hydrogen-bond donors (Lipinski definition) is 1. The first kappa shape index (κ1) is 29.8. The predicted molar refractivity (Wildman–Crippen MR) is 152 cm³/mol. The molecule has 1 N–H and O–H groups in total. The molecule has 0 fully saturated rings. The lowest BCUT2D eigenvalue weighted by atomic mass is 10.1. The Balaban J connectivity index is 2.02. The molecule has 1 atom stereocenters. The molecule has 0 aromatic heterocycles. The second-order valence-corrected chi connectivity index (χ2v) is 11.7. The van der Waals surface area contributed by atoms with Crippen molar-refractivity contribution in [1.29, 1.82) is 0 Å². The molecule has 0 bridgehead atoms. The molecular formula is C27H28Cl3N3O4S. The van der Waals surface area contributed by atoms with Gasteiger partial charge in [0, 0.05) is 28.2 Å². The third kappa shape index (κ3) is 7.41. The summed E-state index contributed by atoms with van der Waals surface area (Å²) in [5.74, 6) is -0.959. The van der Waals surface area contributed by atoms with Crippen LogP contribution in [-0.2, 0) is 26.2 Å². The summed E-state index contributed by atoms with van der Waals surface area (Å²) in [4.78, 5) is 28.0. The van der Waals surface area contributed by atoms with Gasteiger partial charge in [-0.15, -0.1) is 0 Å². The Morgan fingerprint density at radius 1 is 0.921 bits per heavy atom. The van der Waals surface area contributed by atoms with E-state index in [1.165, 1.54) is 29.2 Å². The first-order valence-corrected chi connectivity index (χ1v) is 14.5. The average molecular weight is 597 g/mol. The van der Waals surface area contributed by atoms with Gasteiger partial charge >= 0.3 is 0 Å². The largest absolute Gasteiger partial charge is 0.354 e. The molecule has 0 radical (unpaired) electrons. The monoisotopic (exact) mass is 595 g/mol. The van der Waals surface area contributed by atoms with Crippen molar-refractivity contribution in [2.45, 2.75) is 37.8 Å². The van der Waals surface area contributed by atoms with E-state index in [1.807, 2.05) is 6.92 Å². The van der Waals surface area contributed by atoms with E-state index in [0.29, 0.717) is 27.2 Å². The standard InChI is InChI=1S/C27H28Cl3N3O4S/c1-3-15-31-27(35)19(2)32(17-20-9-10-22(29)16-25(20)30)26(34)18-33(23-13-11-21(28)12-14-23)38(36,37)24-7-5-4-6-8-24/h4-14,16,19H,3,15,17-18H2,1-2H3,(H,31,35)/t19-/m0/s1. The minimum atomic E-state index is -4.14. The number of anilines is 1. The summed E-state index contributed by atoms with van der Waals surface area (Å²) < 4.78 is 28.4. The van der Waals surface area contributed by atoms with E-state index in [1.54, 1.807) is 55.5 Å². The minimum absolute atomic E-state index is 0.0174. The van der Waals surface area contributed by atoms with Crippen LogP contribution < -0.4 is 9.62 Å². The highest BCUT2D eigenvalue weighted by Crippen LogP contribution is 2.27. The molecule has 3 aromatic rings. The maximum atomic E-state index is 13.8. The Morgan fingerprint density at radius 3 is 2.16 bits per heavy atom. The van der Waals surface area contributed by atoms with Crippen LogP contribution in [0.3, 0.4) is 0 Å². The van der Waals surface area contributed by atoms with Gasteiger partial charge in [0.25, 0.3) is 10.0 Å². The maximum absolute atomic E-state index is 13.8. The number of carbonyl (C=O) groups is 2. The molecule has 7 nitrogen and oxygen atoms in total. The fourth-order valence-electron chi connectivity index (χ4n) is 3.67. The predicted octanol–water partition coefficient (Wildman–Crippen LogP) is 5.79. The fourth-order valence-corrected chi connectivity index (χ4v) is 5.70. The van der Waals surface area contributed by atoms with Crippen molar-refractivity contribution in [3.8, 4) is 0 Å². The van der Waals surface area contributed by atoms with Gasteiger partial charge in [-0.3, -0.25) is 13.9 Å². The molecular weight excluding hydrogens is 569 g/mol. The van der Waals surface area contributed by atoms with E-state index in [2.05, 4.69) is 5.32 Å². The smallest absolute Gasteiger partial charge is 0.264 e. The van der Waals surface area contributed by atoms with E-state index in [4.69, 9.17) is 34.8 Å². The summed E-state index contributed by atoms with van der Waals surface area (Å²) in [5.41, 5.74) is 0.808. The van der Waals surface area contributed by atoms with Crippen LogP contribution in [0.4, 0.5) is 5.69 Å². The molecule has 0 saturated carbocycles. The Morgan fingerprint density at radius 2 is 1.55 bits per heavy atom. The minimum Gasteiger partial charge on any atom is -0.354 e. The van der Waals surface area contributed by atoms with Gasteiger partial charge in [-0.05, 0) is 67.4 Å². The molecule has 0 aliphatic rings. The average Bonchev–Trinajstić information content (AvgIpc) is 2.90. The lowest BCUT2D eigenvalue weighted by Crippen LogP contribution is -2.51. The second kappa shape index (κ2) is 13.3. The van der Waals surface area contributed by atoms with E-state index in [0.717, 1.165) is 10.7 Å². The van der Waals surface area contributed by atoms with Crippen LogP contribution in [0.2, 0.25) is 15.1 Å². The van der Waals surface area contributed by atoms with Gasteiger partial charge in [-0.2, -0.15) is 0 Å². The van der Waals surface area contributed by atoms with Crippen LogP contribution in [0.1, 0.15) is 25.8 Å². The molecule has 0 saturated heterocycles. The molecule has 2 amide bonds. The van der Waals surface area contributed by atoms with Gasteiger partial charge < -0.3 is 10.2 Å². The van der Waals surface area contributed by atoms with E-state index in [9.17, 15) is 18.0 Å². The zero-order chi connectivity index (χ0) is 27.9. The van der Waals surface area contributed by atoms with Gasteiger partial charge in [0.05, 0.1) is 10.6 Å². The number of amides is 2. The van der Waals surface area contributed by atoms with Crippen LogP contribution in [-0.4, -0.2) is 44.3 Å².